The normalized spacial score (nSPS) is 14.5. The lowest BCUT2D eigenvalue weighted by Crippen LogP contribution is -2.15. The zero-order valence-electron chi connectivity index (χ0n) is 33.1. The van der Waals surface area contributed by atoms with Crippen molar-refractivity contribution in [1.29, 1.82) is 0 Å². The smallest absolute Gasteiger partial charge is 0.137 e. The number of anilines is 2. The standard InChI is InChI=1S/C27H20ClNO.C27H19NO/c1-27(2)20-9-5-3-7-17(20)18-12-11-16(15-21(18)27)29-26-22(28)13-14-24-25(26)19-8-4-6-10-23(19)30-24;1-27(2)20-9-5-3-7-15(20)18-13-19-16-11-12-24-25(17-8-4-6-10-23(17)29-24)26(16)28-22(19)14-21(18)27/h3-15,29H,1-2H3;3-14,28H,1-2H3. The van der Waals surface area contributed by atoms with Gasteiger partial charge in [-0.2, -0.15) is 0 Å². The highest BCUT2D eigenvalue weighted by molar-refractivity contribution is 6.36. The van der Waals surface area contributed by atoms with Crippen LogP contribution in [0.25, 0.3) is 87.9 Å². The molecule has 0 bridgehead atoms. The Balaban J connectivity index is 0.000000128. The van der Waals surface area contributed by atoms with Gasteiger partial charge in [0.1, 0.15) is 22.3 Å². The molecular formula is C54H39ClN2O2. The molecule has 5 heteroatoms. The van der Waals surface area contributed by atoms with Gasteiger partial charge in [-0.1, -0.05) is 130 Å². The first-order valence-corrected chi connectivity index (χ1v) is 20.7. The molecule has 0 saturated carbocycles. The van der Waals surface area contributed by atoms with Crippen LogP contribution < -0.4 is 5.32 Å². The fourth-order valence-electron chi connectivity index (χ4n) is 10.2. The molecule has 3 heterocycles. The third-order valence-electron chi connectivity index (χ3n) is 13.2. The fourth-order valence-corrected chi connectivity index (χ4v) is 10.4. The van der Waals surface area contributed by atoms with Gasteiger partial charge in [-0.15, -0.1) is 0 Å². The number of hydrogen-bond acceptors (Lipinski definition) is 3. The van der Waals surface area contributed by atoms with E-state index in [2.05, 4.69) is 147 Å². The Kier molecular flexibility index (Phi) is 7.06. The molecule has 2 N–H and O–H groups in total. The Bertz CT molecular complexity index is 3560. The second-order valence-corrected chi connectivity index (χ2v) is 17.6. The number of aromatic amines is 1. The number of nitrogens with one attached hydrogen (secondary N) is 2. The Morgan fingerprint density at radius 3 is 1.73 bits per heavy atom. The van der Waals surface area contributed by atoms with Crippen LogP contribution in [0.5, 0.6) is 0 Å². The second-order valence-electron chi connectivity index (χ2n) is 17.1. The van der Waals surface area contributed by atoms with Gasteiger partial charge in [-0.05, 0) is 105 Å². The van der Waals surface area contributed by atoms with Crippen molar-refractivity contribution in [2.45, 2.75) is 38.5 Å². The Labute approximate surface area is 346 Å². The van der Waals surface area contributed by atoms with Gasteiger partial charge in [0.2, 0.25) is 0 Å². The van der Waals surface area contributed by atoms with Crippen LogP contribution in [0.4, 0.5) is 11.4 Å². The molecule has 2 aliphatic rings. The third kappa shape index (κ3) is 4.84. The molecular weight excluding hydrogens is 744 g/mol. The Hall–Kier alpha value is -6.75. The predicted octanol–water partition coefficient (Wildman–Crippen LogP) is 15.8. The van der Waals surface area contributed by atoms with E-state index in [1.165, 1.54) is 66.2 Å². The summed E-state index contributed by atoms with van der Waals surface area (Å²) in [4.78, 5) is 3.73. The summed E-state index contributed by atoms with van der Waals surface area (Å²) in [5.74, 6) is 0. The van der Waals surface area contributed by atoms with E-state index in [9.17, 15) is 0 Å². The van der Waals surface area contributed by atoms with E-state index in [1.807, 2.05) is 42.5 Å². The van der Waals surface area contributed by atoms with Gasteiger partial charge in [-0.25, -0.2) is 0 Å². The molecule has 284 valence electrons. The molecule has 0 atom stereocenters. The minimum Gasteiger partial charge on any atom is -0.456 e. The predicted molar refractivity (Wildman–Crippen MR) is 247 cm³/mol. The van der Waals surface area contributed by atoms with Crippen LogP contribution in [0.15, 0.2) is 160 Å². The van der Waals surface area contributed by atoms with E-state index >= 15 is 0 Å². The number of fused-ring (bicyclic) bond motifs is 16. The van der Waals surface area contributed by atoms with Gasteiger partial charge < -0.3 is 19.1 Å². The summed E-state index contributed by atoms with van der Waals surface area (Å²) >= 11 is 6.65. The SMILES string of the molecule is CC1(C)c2ccccc2-c2cc3c(cc21)[nH]c1c3ccc2oc3ccccc3c21.CC1(C)c2ccccc2-c2ccc(Nc3c(Cl)ccc4oc5ccccc5c34)cc21. The van der Waals surface area contributed by atoms with Gasteiger partial charge in [-0.3, -0.25) is 0 Å². The monoisotopic (exact) mass is 782 g/mol. The van der Waals surface area contributed by atoms with Crippen molar-refractivity contribution in [1.82, 2.24) is 4.98 Å². The van der Waals surface area contributed by atoms with E-state index in [-0.39, 0.29) is 10.8 Å². The Morgan fingerprint density at radius 2 is 1.02 bits per heavy atom. The highest BCUT2D eigenvalue weighted by Crippen LogP contribution is 2.52. The number of furan rings is 2. The second kappa shape index (κ2) is 12.1. The van der Waals surface area contributed by atoms with Crippen LogP contribution in [0.1, 0.15) is 49.9 Å². The molecule has 13 rings (SSSR count). The summed E-state index contributed by atoms with van der Waals surface area (Å²) in [6, 6.07) is 53.3. The lowest BCUT2D eigenvalue weighted by Gasteiger charge is -2.22. The molecule has 0 saturated heterocycles. The first kappa shape index (κ1) is 34.3. The van der Waals surface area contributed by atoms with Gasteiger partial charge in [0.05, 0.1) is 27.0 Å². The minimum absolute atomic E-state index is 0.00900. The zero-order chi connectivity index (χ0) is 39.8. The highest BCUT2D eigenvalue weighted by Gasteiger charge is 2.37. The molecule has 4 nitrogen and oxygen atoms in total. The quantitative estimate of drug-likeness (QED) is 0.184. The van der Waals surface area contributed by atoms with Crippen LogP contribution in [0, 0.1) is 0 Å². The summed E-state index contributed by atoms with van der Waals surface area (Å²) in [6.07, 6.45) is 0. The number of halogens is 1. The largest absolute Gasteiger partial charge is 0.456 e. The molecule has 0 aliphatic heterocycles. The lowest BCUT2D eigenvalue weighted by molar-refractivity contribution is 0.660. The number of aromatic nitrogens is 1. The zero-order valence-corrected chi connectivity index (χ0v) is 33.9. The molecule has 0 spiro atoms. The van der Waals surface area contributed by atoms with E-state index in [0.717, 1.165) is 55.4 Å². The van der Waals surface area contributed by atoms with Crippen LogP contribution in [-0.4, -0.2) is 4.98 Å². The number of rotatable bonds is 2. The van der Waals surface area contributed by atoms with E-state index < -0.39 is 0 Å². The van der Waals surface area contributed by atoms with Crippen molar-refractivity contribution in [3.63, 3.8) is 0 Å². The number of benzene rings is 8. The van der Waals surface area contributed by atoms with Crippen molar-refractivity contribution in [3.05, 3.63) is 179 Å². The molecule has 8 aromatic carbocycles. The van der Waals surface area contributed by atoms with Gasteiger partial charge in [0, 0.05) is 43.6 Å². The Morgan fingerprint density at radius 1 is 0.458 bits per heavy atom. The topological polar surface area (TPSA) is 54.1 Å². The molecule has 59 heavy (non-hydrogen) atoms. The number of para-hydroxylation sites is 2. The van der Waals surface area contributed by atoms with Gasteiger partial charge >= 0.3 is 0 Å². The van der Waals surface area contributed by atoms with E-state index in [1.54, 1.807) is 0 Å². The molecule has 2 aliphatic carbocycles. The van der Waals surface area contributed by atoms with E-state index in [0.29, 0.717) is 5.02 Å². The van der Waals surface area contributed by atoms with Crippen LogP contribution >= 0.6 is 11.6 Å². The van der Waals surface area contributed by atoms with Crippen molar-refractivity contribution in [2.24, 2.45) is 0 Å². The lowest BCUT2D eigenvalue weighted by atomic mass is 9.82. The summed E-state index contributed by atoms with van der Waals surface area (Å²) in [7, 11) is 0. The molecule has 3 aromatic heterocycles. The average Bonchev–Trinajstić information content (AvgIpc) is 4.03. The third-order valence-corrected chi connectivity index (χ3v) is 13.5. The van der Waals surface area contributed by atoms with Crippen molar-refractivity contribution in [2.75, 3.05) is 5.32 Å². The molecule has 0 amide bonds. The number of hydrogen-bond donors (Lipinski definition) is 2. The van der Waals surface area contributed by atoms with Gasteiger partial charge in [0.25, 0.3) is 0 Å². The minimum atomic E-state index is -0.0399. The maximum Gasteiger partial charge on any atom is 0.137 e. The molecule has 0 fully saturated rings. The maximum atomic E-state index is 6.65. The van der Waals surface area contributed by atoms with Crippen LogP contribution in [-0.2, 0) is 10.8 Å². The molecule has 11 aromatic rings. The van der Waals surface area contributed by atoms with E-state index in [4.69, 9.17) is 20.4 Å². The summed E-state index contributed by atoms with van der Waals surface area (Å²) < 4.78 is 12.1. The summed E-state index contributed by atoms with van der Waals surface area (Å²) in [6.45, 7) is 9.24. The highest BCUT2D eigenvalue weighted by atomic mass is 35.5. The van der Waals surface area contributed by atoms with Crippen molar-refractivity contribution >= 4 is 88.7 Å². The first-order chi connectivity index (χ1) is 28.7. The average molecular weight is 783 g/mol. The molecule has 0 unspecified atom stereocenters. The van der Waals surface area contributed by atoms with Crippen molar-refractivity contribution in [3.8, 4) is 22.3 Å². The maximum absolute atomic E-state index is 6.65. The van der Waals surface area contributed by atoms with Crippen molar-refractivity contribution < 1.29 is 8.83 Å². The first-order valence-electron chi connectivity index (χ1n) is 20.3. The van der Waals surface area contributed by atoms with Crippen LogP contribution in [0.3, 0.4) is 0 Å². The fraction of sp³-hybridized carbons (Fsp3) is 0.111. The number of H-pyrrole nitrogens is 1. The summed E-state index contributed by atoms with van der Waals surface area (Å²) in [5.41, 5.74) is 18.6. The summed E-state index contributed by atoms with van der Waals surface area (Å²) in [5, 5.41) is 11.2. The van der Waals surface area contributed by atoms with Gasteiger partial charge in [0.15, 0.2) is 0 Å². The molecule has 0 radical (unpaired) electrons. The van der Waals surface area contributed by atoms with Crippen LogP contribution in [0.2, 0.25) is 5.02 Å².